The molecular formula is C28H29ClN3O4S3+. The molecule has 1 aromatic heterocycles. The molecule has 0 saturated carbocycles. The molecule has 0 aliphatic carbocycles. The van der Waals surface area contributed by atoms with Crippen LogP contribution in [0.2, 0.25) is 5.02 Å². The Morgan fingerprint density at radius 3 is 2.64 bits per heavy atom. The fourth-order valence-corrected chi connectivity index (χ4v) is 7.46. The zero-order valence-electron chi connectivity index (χ0n) is 21.1. The number of rotatable bonds is 11. The van der Waals surface area contributed by atoms with Crippen LogP contribution in [0.5, 0.6) is 0 Å². The summed E-state index contributed by atoms with van der Waals surface area (Å²) in [5.74, 6) is -0.305. The maximum Gasteiger partial charge on any atom is 0.265 e. The molecule has 5 rings (SSSR count). The summed E-state index contributed by atoms with van der Waals surface area (Å²) in [6.45, 7) is 2.58. The summed E-state index contributed by atoms with van der Waals surface area (Å²) in [7, 11) is -4.05. The standard InChI is InChI=1S/C28H28ClN3O4S3/c29-22-8-10-26-24(18-22)31(12-4-16-39(33,34)35)27(38-26)19-28-32(13-15-36-14-11-30)23-17-21(7-9-25(23)37-28)20-5-2-1-3-6-20/h1-3,5-10,17-19H,4,11-16,30H2/p+1. The normalized spacial score (nSPS) is 14.4. The highest BCUT2D eigenvalue weighted by molar-refractivity contribution is 8.03. The lowest BCUT2D eigenvalue weighted by Gasteiger charge is -2.20. The molecule has 3 aromatic carbocycles. The number of nitrogens with two attached hydrogens (primary N) is 1. The third-order valence-electron chi connectivity index (χ3n) is 6.28. The first kappa shape index (κ1) is 28.1. The smallest absolute Gasteiger partial charge is 0.265 e. The van der Waals surface area contributed by atoms with Crippen LogP contribution in [0.25, 0.3) is 27.4 Å². The van der Waals surface area contributed by atoms with E-state index in [1.165, 1.54) is 0 Å². The molecule has 11 heteroatoms. The van der Waals surface area contributed by atoms with E-state index >= 15 is 0 Å². The second-order valence-corrected chi connectivity index (χ2v) is 13.2. The number of benzene rings is 3. The highest BCUT2D eigenvalue weighted by atomic mass is 35.5. The van der Waals surface area contributed by atoms with Gasteiger partial charge in [-0.15, -0.1) is 0 Å². The van der Waals surface area contributed by atoms with Crippen molar-refractivity contribution in [3.05, 3.63) is 81.8 Å². The first-order valence-corrected chi connectivity index (χ1v) is 16.2. The molecule has 0 fully saturated rings. The van der Waals surface area contributed by atoms with Crippen LogP contribution < -0.4 is 15.2 Å². The summed E-state index contributed by atoms with van der Waals surface area (Å²) in [5, 5.41) is 2.62. The van der Waals surface area contributed by atoms with Gasteiger partial charge < -0.3 is 15.4 Å². The molecule has 7 nitrogen and oxygen atoms in total. The van der Waals surface area contributed by atoms with Gasteiger partial charge in [-0.05, 0) is 41.8 Å². The summed E-state index contributed by atoms with van der Waals surface area (Å²) >= 11 is 9.63. The van der Waals surface area contributed by atoms with E-state index in [-0.39, 0.29) is 12.2 Å². The number of hydrogen-bond acceptors (Lipinski definition) is 7. The second kappa shape index (κ2) is 12.4. The Labute approximate surface area is 241 Å². The molecule has 3 N–H and O–H groups in total. The summed E-state index contributed by atoms with van der Waals surface area (Å²) < 4.78 is 41.2. The van der Waals surface area contributed by atoms with Crippen LogP contribution in [0, 0.1) is 0 Å². The molecule has 0 unspecified atom stereocenters. The van der Waals surface area contributed by atoms with Crippen molar-refractivity contribution < 1.29 is 22.3 Å². The molecule has 0 atom stereocenters. The highest BCUT2D eigenvalue weighted by Crippen LogP contribution is 2.48. The van der Waals surface area contributed by atoms with Crippen molar-refractivity contribution in [1.29, 1.82) is 0 Å². The molecule has 0 amide bonds. The Morgan fingerprint density at radius 2 is 1.87 bits per heavy atom. The van der Waals surface area contributed by atoms with Crippen molar-refractivity contribution >= 4 is 66.8 Å². The molecule has 0 spiro atoms. The second-order valence-electron chi connectivity index (χ2n) is 9.03. The van der Waals surface area contributed by atoms with Crippen LogP contribution in [0.3, 0.4) is 0 Å². The lowest BCUT2D eigenvalue weighted by atomic mass is 10.1. The van der Waals surface area contributed by atoms with Gasteiger partial charge in [-0.25, -0.2) is 0 Å². The van der Waals surface area contributed by atoms with E-state index in [9.17, 15) is 13.0 Å². The maximum atomic E-state index is 11.4. The number of halogens is 1. The average Bonchev–Trinajstić information content (AvgIpc) is 3.43. The lowest BCUT2D eigenvalue weighted by Crippen LogP contribution is -2.38. The van der Waals surface area contributed by atoms with E-state index in [2.05, 4.69) is 45.9 Å². The van der Waals surface area contributed by atoms with E-state index in [0.717, 1.165) is 42.0 Å². The molecule has 1 aliphatic rings. The van der Waals surface area contributed by atoms with Crippen molar-refractivity contribution in [3.63, 3.8) is 0 Å². The molecule has 0 radical (unpaired) electrons. The molecule has 0 bridgehead atoms. The van der Waals surface area contributed by atoms with E-state index in [1.807, 2.05) is 36.4 Å². The van der Waals surface area contributed by atoms with Gasteiger partial charge >= 0.3 is 0 Å². The van der Waals surface area contributed by atoms with Crippen molar-refractivity contribution in [2.24, 2.45) is 5.73 Å². The minimum absolute atomic E-state index is 0.280. The molecular weight excluding hydrogens is 574 g/mol. The Kier molecular flexibility index (Phi) is 8.92. The first-order chi connectivity index (χ1) is 18.8. The SMILES string of the molecule is NCCOCC[n+]1c(C=C2Sc3ccc(Cl)cc3N2CCCS(=O)(=O)O)sc2ccc(-c3ccccc3)cc21. The number of ether oxygens (including phenoxy) is 1. The number of nitrogens with zero attached hydrogens (tertiary/aromatic N) is 2. The number of hydrogen-bond donors (Lipinski definition) is 2. The quantitative estimate of drug-likeness (QED) is 0.130. The summed E-state index contributed by atoms with van der Waals surface area (Å²) in [5.41, 5.74) is 9.97. The van der Waals surface area contributed by atoms with E-state index in [1.54, 1.807) is 23.1 Å². The fraction of sp³-hybridized carbons (Fsp3) is 0.250. The molecule has 2 heterocycles. The molecule has 39 heavy (non-hydrogen) atoms. The Bertz CT molecular complexity index is 1610. The maximum absolute atomic E-state index is 11.4. The monoisotopic (exact) mass is 602 g/mol. The number of anilines is 1. The first-order valence-electron chi connectivity index (χ1n) is 12.5. The number of thioether (sulfide) groups is 1. The Morgan fingerprint density at radius 1 is 1.05 bits per heavy atom. The van der Waals surface area contributed by atoms with Gasteiger partial charge in [0.1, 0.15) is 11.3 Å². The number of fused-ring (bicyclic) bond motifs is 2. The molecule has 204 valence electrons. The third-order valence-corrected chi connectivity index (χ3v) is 9.55. The number of aromatic nitrogens is 1. The largest absolute Gasteiger partial charge is 0.374 e. The van der Waals surface area contributed by atoms with Crippen LogP contribution >= 0.6 is 34.7 Å². The predicted molar refractivity (Wildman–Crippen MR) is 161 cm³/mol. The number of thiazole rings is 1. The van der Waals surface area contributed by atoms with Crippen LogP contribution in [0.1, 0.15) is 11.4 Å². The highest BCUT2D eigenvalue weighted by Gasteiger charge is 2.28. The average molecular weight is 603 g/mol. The molecule has 0 saturated heterocycles. The fourth-order valence-electron chi connectivity index (χ4n) is 4.51. The van der Waals surface area contributed by atoms with Crippen LogP contribution in [0.4, 0.5) is 5.69 Å². The minimum Gasteiger partial charge on any atom is -0.374 e. The van der Waals surface area contributed by atoms with Gasteiger partial charge in [0.05, 0.1) is 29.2 Å². The molecule has 1 aliphatic heterocycles. The van der Waals surface area contributed by atoms with Gasteiger partial charge in [-0.1, -0.05) is 71.1 Å². The van der Waals surface area contributed by atoms with Crippen LogP contribution in [0.15, 0.2) is 76.7 Å². The zero-order chi connectivity index (χ0) is 27.4. The van der Waals surface area contributed by atoms with Crippen LogP contribution in [-0.2, 0) is 21.4 Å². The van der Waals surface area contributed by atoms with Gasteiger partial charge in [-0.2, -0.15) is 13.0 Å². The Balaban J connectivity index is 1.55. The summed E-state index contributed by atoms with van der Waals surface area (Å²) in [4.78, 5) is 3.12. The lowest BCUT2D eigenvalue weighted by molar-refractivity contribution is -0.670. The zero-order valence-corrected chi connectivity index (χ0v) is 24.3. The van der Waals surface area contributed by atoms with Gasteiger partial charge in [0, 0.05) is 29.1 Å². The minimum atomic E-state index is -4.05. The van der Waals surface area contributed by atoms with E-state index < -0.39 is 10.1 Å². The van der Waals surface area contributed by atoms with Crippen molar-refractivity contribution in [2.45, 2.75) is 17.9 Å². The molecule has 4 aromatic rings. The van der Waals surface area contributed by atoms with Crippen molar-refractivity contribution in [2.75, 3.05) is 37.0 Å². The summed E-state index contributed by atoms with van der Waals surface area (Å²) in [6, 6.07) is 22.5. The van der Waals surface area contributed by atoms with Gasteiger partial charge in [0.15, 0.2) is 6.54 Å². The van der Waals surface area contributed by atoms with Gasteiger partial charge in [0.25, 0.3) is 15.1 Å². The Hall–Kier alpha value is -2.44. The van der Waals surface area contributed by atoms with Crippen molar-refractivity contribution in [3.8, 4) is 11.1 Å². The van der Waals surface area contributed by atoms with Gasteiger partial charge in [-0.3, -0.25) is 4.55 Å². The van der Waals surface area contributed by atoms with E-state index in [4.69, 9.17) is 22.1 Å². The van der Waals surface area contributed by atoms with Crippen molar-refractivity contribution in [1.82, 2.24) is 0 Å². The van der Waals surface area contributed by atoms with Gasteiger partial charge in [0.2, 0.25) is 5.52 Å². The summed E-state index contributed by atoms with van der Waals surface area (Å²) in [6.07, 6.45) is 2.42. The van der Waals surface area contributed by atoms with Crippen LogP contribution in [-0.4, -0.2) is 45.0 Å². The third kappa shape index (κ3) is 6.83. The predicted octanol–water partition coefficient (Wildman–Crippen LogP) is 5.67. The topological polar surface area (TPSA) is 96.7 Å². The van der Waals surface area contributed by atoms with E-state index in [0.29, 0.717) is 37.9 Å².